The number of halogens is 1. The lowest BCUT2D eigenvalue weighted by molar-refractivity contribution is -0.141. The molecule has 1 atom stereocenters. The van der Waals surface area contributed by atoms with Gasteiger partial charge in [0.25, 0.3) is 0 Å². The Labute approximate surface area is 138 Å². The van der Waals surface area contributed by atoms with E-state index in [1.165, 1.54) is 6.92 Å². The normalized spacial score (nSPS) is 11.6. The second-order valence-corrected chi connectivity index (χ2v) is 5.36. The molecule has 6 heteroatoms. The van der Waals surface area contributed by atoms with Gasteiger partial charge in [-0.25, -0.2) is 4.79 Å². The first-order chi connectivity index (χ1) is 11.0. The molecule has 2 aromatic rings. The van der Waals surface area contributed by atoms with E-state index >= 15 is 0 Å². The van der Waals surface area contributed by atoms with Crippen molar-refractivity contribution in [1.29, 1.82) is 0 Å². The summed E-state index contributed by atoms with van der Waals surface area (Å²) in [7, 11) is 0. The Morgan fingerprint density at radius 3 is 2.61 bits per heavy atom. The molecule has 0 aliphatic rings. The van der Waals surface area contributed by atoms with Crippen LogP contribution in [0.25, 0.3) is 0 Å². The van der Waals surface area contributed by atoms with Gasteiger partial charge in [0.2, 0.25) is 5.91 Å². The molecule has 0 aliphatic carbocycles. The number of ether oxygens (including phenoxy) is 1. The van der Waals surface area contributed by atoms with Gasteiger partial charge in [0, 0.05) is 17.5 Å². The van der Waals surface area contributed by atoms with Gasteiger partial charge >= 0.3 is 5.97 Å². The third-order valence-corrected chi connectivity index (χ3v) is 3.34. The van der Waals surface area contributed by atoms with Gasteiger partial charge in [0.15, 0.2) is 6.04 Å². The number of amides is 1. The Balaban J connectivity index is 2.22. The molecule has 0 heterocycles. The monoisotopic (exact) mass is 333 g/mol. The fraction of sp³-hybridized carbons (Fsp3) is 0.176. The molecule has 0 fully saturated rings. The molecule has 0 saturated heterocycles. The van der Waals surface area contributed by atoms with E-state index in [9.17, 15) is 14.7 Å². The molecule has 2 N–H and O–H groups in total. The van der Waals surface area contributed by atoms with Crippen LogP contribution in [-0.2, 0) is 16.2 Å². The number of hydrogen-bond donors (Lipinski definition) is 2. The highest BCUT2D eigenvalue weighted by Crippen LogP contribution is 2.26. The molecule has 0 saturated carbocycles. The number of benzene rings is 2. The van der Waals surface area contributed by atoms with E-state index in [-0.39, 0.29) is 6.61 Å². The Bertz CT molecular complexity index is 717. The fourth-order valence-electron chi connectivity index (χ4n) is 2.11. The van der Waals surface area contributed by atoms with E-state index < -0.39 is 17.9 Å². The maximum atomic E-state index is 11.4. The van der Waals surface area contributed by atoms with Crippen molar-refractivity contribution in [2.24, 2.45) is 0 Å². The van der Waals surface area contributed by atoms with Crippen molar-refractivity contribution < 1.29 is 19.4 Å². The number of nitrogens with one attached hydrogen (secondary N) is 1. The van der Waals surface area contributed by atoms with Crippen molar-refractivity contribution >= 4 is 23.5 Å². The molecule has 5 nitrogen and oxygen atoms in total. The summed E-state index contributed by atoms with van der Waals surface area (Å²) in [5.74, 6) is -1.19. The standard InChI is InChI=1S/C17H16ClNO4/c1-11(20)19-16(17(21)22)14-7-2-3-8-15(14)23-10-12-5-4-6-13(18)9-12/h2-9,16H,10H2,1H3,(H,19,20)(H,21,22). The first-order valence-corrected chi connectivity index (χ1v) is 7.31. The molecule has 23 heavy (non-hydrogen) atoms. The summed E-state index contributed by atoms with van der Waals surface area (Å²) in [6, 6.07) is 12.7. The minimum Gasteiger partial charge on any atom is -0.489 e. The van der Waals surface area contributed by atoms with Crippen molar-refractivity contribution in [2.75, 3.05) is 0 Å². The summed E-state index contributed by atoms with van der Waals surface area (Å²) in [5.41, 5.74) is 1.25. The van der Waals surface area contributed by atoms with Gasteiger partial charge in [-0.15, -0.1) is 0 Å². The minimum atomic E-state index is -1.16. The maximum Gasteiger partial charge on any atom is 0.331 e. The second-order valence-electron chi connectivity index (χ2n) is 4.93. The van der Waals surface area contributed by atoms with Crippen LogP contribution in [0.4, 0.5) is 0 Å². The van der Waals surface area contributed by atoms with Gasteiger partial charge in [-0.3, -0.25) is 4.79 Å². The molecule has 0 bridgehead atoms. The Morgan fingerprint density at radius 1 is 1.22 bits per heavy atom. The zero-order valence-electron chi connectivity index (χ0n) is 12.5. The van der Waals surface area contributed by atoms with Gasteiger partial charge in [-0.05, 0) is 23.8 Å². The predicted octanol–water partition coefficient (Wildman–Crippen LogP) is 3.18. The van der Waals surface area contributed by atoms with Crippen LogP contribution in [0.15, 0.2) is 48.5 Å². The molecule has 2 aromatic carbocycles. The summed E-state index contributed by atoms with van der Waals surface area (Å²) in [4.78, 5) is 22.6. The number of aliphatic carboxylic acids is 1. The number of para-hydroxylation sites is 1. The van der Waals surface area contributed by atoms with Crippen molar-refractivity contribution in [1.82, 2.24) is 5.32 Å². The van der Waals surface area contributed by atoms with Gasteiger partial charge in [-0.2, -0.15) is 0 Å². The van der Waals surface area contributed by atoms with Crippen LogP contribution in [0.2, 0.25) is 5.02 Å². The van der Waals surface area contributed by atoms with Gasteiger partial charge in [0.05, 0.1) is 0 Å². The van der Waals surface area contributed by atoms with E-state index in [4.69, 9.17) is 16.3 Å². The Morgan fingerprint density at radius 2 is 1.96 bits per heavy atom. The summed E-state index contributed by atoms with van der Waals surface area (Å²) in [5, 5.41) is 12.3. The quantitative estimate of drug-likeness (QED) is 0.851. The molecule has 1 unspecified atom stereocenters. The second kappa shape index (κ2) is 7.65. The Hall–Kier alpha value is -2.53. The van der Waals surface area contributed by atoms with E-state index in [0.29, 0.717) is 16.3 Å². The summed E-state index contributed by atoms with van der Waals surface area (Å²) in [6.45, 7) is 1.51. The maximum absolute atomic E-state index is 11.4. The van der Waals surface area contributed by atoms with Crippen molar-refractivity contribution in [3.05, 3.63) is 64.7 Å². The molecule has 1 amide bonds. The molecule has 2 rings (SSSR count). The van der Waals surface area contributed by atoms with Crippen LogP contribution in [0, 0.1) is 0 Å². The molecule has 0 radical (unpaired) electrons. The van der Waals surface area contributed by atoms with Gasteiger partial charge in [-0.1, -0.05) is 41.9 Å². The Kier molecular flexibility index (Phi) is 5.60. The number of hydrogen-bond acceptors (Lipinski definition) is 3. The third-order valence-electron chi connectivity index (χ3n) is 3.11. The zero-order chi connectivity index (χ0) is 16.8. The minimum absolute atomic E-state index is 0.240. The van der Waals surface area contributed by atoms with Crippen molar-refractivity contribution in [3.63, 3.8) is 0 Å². The fourth-order valence-corrected chi connectivity index (χ4v) is 2.33. The highest BCUT2D eigenvalue weighted by Gasteiger charge is 2.24. The number of rotatable bonds is 6. The van der Waals surface area contributed by atoms with E-state index in [1.807, 2.05) is 12.1 Å². The number of carbonyl (C=O) groups excluding carboxylic acids is 1. The average Bonchev–Trinajstić information content (AvgIpc) is 2.51. The van der Waals surface area contributed by atoms with Crippen molar-refractivity contribution in [3.8, 4) is 5.75 Å². The lowest BCUT2D eigenvalue weighted by Crippen LogP contribution is -2.32. The molecule has 0 spiro atoms. The van der Waals surface area contributed by atoms with Crippen LogP contribution >= 0.6 is 11.6 Å². The first-order valence-electron chi connectivity index (χ1n) is 6.93. The van der Waals surface area contributed by atoms with E-state index in [0.717, 1.165) is 5.56 Å². The third kappa shape index (κ3) is 4.72. The number of carboxylic acid groups (broad SMARTS) is 1. The van der Waals surface area contributed by atoms with E-state index in [2.05, 4.69) is 5.32 Å². The molecular weight excluding hydrogens is 318 g/mol. The van der Waals surface area contributed by atoms with Crippen LogP contribution < -0.4 is 10.1 Å². The lowest BCUT2D eigenvalue weighted by atomic mass is 10.1. The highest BCUT2D eigenvalue weighted by molar-refractivity contribution is 6.30. The average molecular weight is 334 g/mol. The SMILES string of the molecule is CC(=O)NC(C(=O)O)c1ccccc1OCc1cccc(Cl)c1. The molecular formula is C17H16ClNO4. The highest BCUT2D eigenvalue weighted by atomic mass is 35.5. The largest absolute Gasteiger partial charge is 0.489 e. The summed E-state index contributed by atoms with van der Waals surface area (Å²) >= 11 is 5.93. The lowest BCUT2D eigenvalue weighted by Gasteiger charge is -2.18. The number of carbonyl (C=O) groups is 2. The number of carboxylic acids is 1. The van der Waals surface area contributed by atoms with Crippen LogP contribution in [0.3, 0.4) is 0 Å². The summed E-state index contributed by atoms with van der Waals surface area (Å²) in [6.07, 6.45) is 0. The van der Waals surface area contributed by atoms with Gasteiger partial charge < -0.3 is 15.2 Å². The molecule has 0 aromatic heterocycles. The smallest absolute Gasteiger partial charge is 0.331 e. The van der Waals surface area contributed by atoms with Crippen LogP contribution in [0.1, 0.15) is 24.1 Å². The molecule has 0 aliphatic heterocycles. The van der Waals surface area contributed by atoms with Crippen LogP contribution in [0.5, 0.6) is 5.75 Å². The van der Waals surface area contributed by atoms with E-state index in [1.54, 1.807) is 36.4 Å². The van der Waals surface area contributed by atoms with Crippen molar-refractivity contribution in [2.45, 2.75) is 19.6 Å². The predicted molar refractivity (Wildman–Crippen MR) is 86.4 cm³/mol. The molecule has 120 valence electrons. The van der Waals surface area contributed by atoms with Gasteiger partial charge in [0.1, 0.15) is 12.4 Å². The van der Waals surface area contributed by atoms with Crippen LogP contribution in [-0.4, -0.2) is 17.0 Å². The summed E-state index contributed by atoms with van der Waals surface area (Å²) < 4.78 is 5.72. The first kappa shape index (κ1) is 16.8. The topological polar surface area (TPSA) is 75.6 Å². The zero-order valence-corrected chi connectivity index (χ0v) is 13.2.